The van der Waals surface area contributed by atoms with Gasteiger partial charge in [-0.15, -0.1) is 0 Å². The number of rotatable bonds is 7. The first-order valence-electron chi connectivity index (χ1n) is 7.53. The maximum atomic E-state index is 6.02. The number of nitrogens with zero attached hydrogens (tertiary/aromatic N) is 1. The third-order valence-electron chi connectivity index (χ3n) is 3.67. The molecule has 106 valence electrons. The minimum absolute atomic E-state index is 0.735. The first kappa shape index (κ1) is 14.2. The molecule has 0 radical (unpaired) electrons. The summed E-state index contributed by atoms with van der Waals surface area (Å²) in [6.45, 7) is 6.62. The van der Waals surface area contributed by atoms with Crippen molar-refractivity contribution in [2.24, 2.45) is 0 Å². The van der Waals surface area contributed by atoms with Gasteiger partial charge in [-0.2, -0.15) is 0 Å². The third-order valence-corrected chi connectivity index (χ3v) is 3.67. The van der Waals surface area contributed by atoms with Crippen LogP contribution in [0, 0.1) is 0 Å². The van der Waals surface area contributed by atoms with Gasteiger partial charge in [0.25, 0.3) is 0 Å². The second kappa shape index (κ2) is 7.39. The molecule has 0 spiro atoms. The Hall–Kier alpha value is -1.22. The molecule has 0 saturated carbocycles. The molecule has 1 aromatic carbocycles. The molecule has 19 heavy (non-hydrogen) atoms. The Morgan fingerprint density at radius 3 is 2.74 bits per heavy atom. The minimum atomic E-state index is 0.735. The minimum Gasteiger partial charge on any atom is -0.491 e. The van der Waals surface area contributed by atoms with Crippen molar-refractivity contribution in [1.29, 1.82) is 0 Å². The standard InChI is InChI=1S/C16H26N2O/c1-2-12-19-16-8-7-14(13-15(16)17)6-5-11-18-9-3-4-10-18/h7-8,13H,2-6,9-12,17H2,1H3. The van der Waals surface area contributed by atoms with E-state index in [9.17, 15) is 0 Å². The van der Waals surface area contributed by atoms with Crippen molar-refractivity contribution in [3.05, 3.63) is 23.8 Å². The normalized spacial score (nSPS) is 15.8. The lowest BCUT2D eigenvalue weighted by atomic mass is 10.1. The van der Waals surface area contributed by atoms with Crippen LogP contribution in [-0.2, 0) is 6.42 Å². The molecule has 2 N–H and O–H groups in total. The topological polar surface area (TPSA) is 38.5 Å². The smallest absolute Gasteiger partial charge is 0.142 e. The highest BCUT2D eigenvalue weighted by Gasteiger charge is 2.10. The lowest BCUT2D eigenvalue weighted by molar-refractivity contribution is 0.319. The van der Waals surface area contributed by atoms with E-state index < -0.39 is 0 Å². The zero-order valence-corrected chi connectivity index (χ0v) is 12.0. The van der Waals surface area contributed by atoms with Crippen LogP contribution in [0.4, 0.5) is 5.69 Å². The van der Waals surface area contributed by atoms with Crippen molar-refractivity contribution < 1.29 is 4.74 Å². The van der Waals surface area contributed by atoms with Gasteiger partial charge in [-0.25, -0.2) is 0 Å². The van der Waals surface area contributed by atoms with E-state index in [-0.39, 0.29) is 0 Å². The Labute approximate surface area is 116 Å². The fourth-order valence-corrected chi connectivity index (χ4v) is 2.61. The average Bonchev–Trinajstić information content (AvgIpc) is 2.91. The Balaban J connectivity index is 1.78. The van der Waals surface area contributed by atoms with Crippen molar-refractivity contribution in [2.75, 3.05) is 32.0 Å². The summed E-state index contributed by atoms with van der Waals surface area (Å²) in [4.78, 5) is 2.56. The quantitative estimate of drug-likeness (QED) is 0.767. The van der Waals surface area contributed by atoms with E-state index in [1.807, 2.05) is 6.07 Å². The SMILES string of the molecule is CCCOc1ccc(CCCN2CCCC2)cc1N. The van der Waals surface area contributed by atoms with Crippen LogP contribution in [-0.4, -0.2) is 31.1 Å². The molecule has 0 bridgehead atoms. The van der Waals surface area contributed by atoms with Gasteiger partial charge in [-0.3, -0.25) is 0 Å². The average molecular weight is 262 g/mol. The van der Waals surface area contributed by atoms with Crippen LogP contribution in [0.25, 0.3) is 0 Å². The molecule has 1 saturated heterocycles. The predicted molar refractivity (Wildman–Crippen MR) is 80.6 cm³/mol. The first-order valence-corrected chi connectivity index (χ1v) is 7.53. The van der Waals surface area contributed by atoms with Crippen LogP contribution in [0.3, 0.4) is 0 Å². The third kappa shape index (κ3) is 4.43. The molecule has 0 aliphatic carbocycles. The van der Waals surface area contributed by atoms with E-state index >= 15 is 0 Å². The zero-order chi connectivity index (χ0) is 13.5. The summed E-state index contributed by atoms with van der Waals surface area (Å²) < 4.78 is 5.59. The molecule has 3 heteroatoms. The molecule has 0 unspecified atom stereocenters. The number of nitrogens with two attached hydrogens (primary N) is 1. The molecule has 1 aliphatic heterocycles. The van der Waals surface area contributed by atoms with E-state index in [1.54, 1.807) is 0 Å². The molecule has 0 atom stereocenters. The second-order valence-corrected chi connectivity index (χ2v) is 5.37. The van der Waals surface area contributed by atoms with Gasteiger partial charge < -0.3 is 15.4 Å². The highest BCUT2D eigenvalue weighted by molar-refractivity contribution is 5.54. The van der Waals surface area contributed by atoms with Gasteiger partial charge >= 0.3 is 0 Å². The van der Waals surface area contributed by atoms with Crippen molar-refractivity contribution in [3.8, 4) is 5.75 Å². The predicted octanol–water partition coefficient (Wildman–Crippen LogP) is 3.09. The fourth-order valence-electron chi connectivity index (χ4n) is 2.61. The lowest BCUT2D eigenvalue weighted by Crippen LogP contribution is -2.20. The van der Waals surface area contributed by atoms with Gasteiger partial charge in [-0.05, 0) is 69.4 Å². The molecule has 0 aromatic heterocycles. The van der Waals surface area contributed by atoms with Crippen LogP contribution in [0.1, 0.15) is 38.2 Å². The van der Waals surface area contributed by atoms with E-state index in [2.05, 4.69) is 24.0 Å². The van der Waals surface area contributed by atoms with Crippen LogP contribution in [0.5, 0.6) is 5.75 Å². The Morgan fingerprint density at radius 2 is 2.05 bits per heavy atom. The van der Waals surface area contributed by atoms with E-state index in [0.29, 0.717) is 0 Å². The van der Waals surface area contributed by atoms with Crippen LogP contribution < -0.4 is 10.5 Å². The molecule has 1 aliphatic rings. The van der Waals surface area contributed by atoms with Gasteiger partial charge in [-0.1, -0.05) is 13.0 Å². The molecule has 0 amide bonds. The Bertz CT molecular complexity index is 386. The molecule has 1 heterocycles. The van der Waals surface area contributed by atoms with Gasteiger partial charge in [0.1, 0.15) is 5.75 Å². The highest BCUT2D eigenvalue weighted by Crippen LogP contribution is 2.23. The lowest BCUT2D eigenvalue weighted by Gasteiger charge is -2.14. The van der Waals surface area contributed by atoms with Gasteiger partial charge in [0, 0.05) is 0 Å². The van der Waals surface area contributed by atoms with Crippen LogP contribution >= 0.6 is 0 Å². The number of likely N-dealkylation sites (tertiary alicyclic amines) is 1. The van der Waals surface area contributed by atoms with Crippen molar-refractivity contribution in [1.82, 2.24) is 4.90 Å². The van der Waals surface area contributed by atoms with Crippen molar-refractivity contribution in [2.45, 2.75) is 39.0 Å². The molecular weight excluding hydrogens is 236 g/mol. The maximum absolute atomic E-state index is 6.02. The largest absolute Gasteiger partial charge is 0.491 e. The van der Waals surface area contributed by atoms with Crippen molar-refractivity contribution in [3.63, 3.8) is 0 Å². The van der Waals surface area contributed by atoms with Crippen LogP contribution in [0.2, 0.25) is 0 Å². The number of hydrogen-bond donors (Lipinski definition) is 1. The summed E-state index contributed by atoms with van der Waals surface area (Å²) in [5.74, 6) is 0.824. The number of anilines is 1. The van der Waals surface area contributed by atoms with E-state index in [0.717, 1.165) is 30.9 Å². The number of benzene rings is 1. The second-order valence-electron chi connectivity index (χ2n) is 5.37. The molecule has 1 fully saturated rings. The number of aryl methyl sites for hydroxylation is 1. The highest BCUT2D eigenvalue weighted by atomic mass is 16.5. The summed E-state index contributed by atoms with van der Waals surface area (Å²) in [5.41, 5.74) is 8.11. The molecular formula is C16H26N2O. The number of nitrogen functional groups attached to an aromatic ring is 1. The molecule has 1 aromatic rings. The Morgan fingerprint density at radius 1 is 1.26 bits per heavy atom. The monoisotopic (exact) mass is 262 g/mol. The number of ether oxygens (including phenoxy) is 1. The Kier molecular flexibility index (Phi) is 5.52. The summed E-state index contributed by atoms with van der Waals surface area (Å²) in [6, 6.07) is 6.22. The van der Waals surface area contributed by atoms with E-state index in [1.165, 1.54) is 44.5 Å². The molecule has 3 nitrogen and oxygen atoms in total. The van der Waals surface area contributed by atoms with Crippen molar-refractivity contribution >= 4 is 5.69 Å². The zero-order valence-electron chi connectivity index (χ0n) is 12.0. The summed E-state index contributed by atoms with van der Waals surface area (Å²) >= 11 is 0. The van der Waals surface area contributed by atoms with Gasteiger partial charge in [0.2, 0.25) is 0 Å². The summed E-state index contributed by atoms with van der Waals surface area (Å²) in [7, 11) is 0. The molecule has 2 rings (SSSR count). The van der Waals surface area contributed by atoms with Crippen LogP contribution in [0.15, 0.2) is 18.2 Å². The fraction of sp³-hybridized carbons (Fsp3) is 0.625. The number of hydrogen-bond acceptors (Lipinski definition) is 3. The first-order chi connectivity index (χ1) is 9.29. The summed E-state index contributed by atoms with van der Waals surface area (Å²) in [6.07, 6.45) is 6.08. The van der Waals surface area contributed by atoms with E-state index in [4.69, 9.17) is 10.5 Å². The van der Waals surface area contributed by atoms with Gasteiger partial charge in [0.05, 0.1) is 12.3 Å². The van der Waals surface area contributed by atoms with Gasteiger partial charge in [0.15, 0.2) is 0 Å². The summed E-state index contributed by atoms with van der Waals surface area (Å²) in [5, 5.41) is 0. The maximum Gasteiger partial charge on any atom is 0.142 e.